The zero-order chi connectivity index (χ0) is 20.1. The second kappa shape index (κ2) is 8.67. The van der Waals surface area contributed by atoms with Gasteiger partial charge in [0.25, 0.3) is 5.56 Å². The Bertz CT molecular complexity index is 1090. The van der Waals surface area contributed by atoms with Gasteiger partial charge < -0.3 is 15.6 Å². The molecule has 0 atom stereocenters. The Labute approximate surface area is 166 Å². The molecule has 1 aromatic heterocycles. The molecule has 2 amide bonds. The number of aromatic nitrogens is 2. The predicted molar refractivity (Wildman–Crippen MR) is 110 cm³/mol. The molecule has 3 aromatic rings. The second-order valence-electron chi connectivity index (χ2n) is 6.31. The topological polar surface area (TPSA) is 104 Å². The molecule has 1 heterocycles. The number of benzene rings is 2. The van der Waals surface area contributed by atoms with E-state index < -0.39 is 0 Å². The number of amides is 2. The number of aryl methyl sites for hydroxylation is 1. The maximum Gasteiger partial charge on any atom is 0.258 e. The van der Waals surface area contributed by atoms with Crippen LogP contribution in [0.5, 0.6) is 0 Å². The molecule has 0 unspecified atom stereocenters. The van der Waals surface area contributed by atoms with Gasteiger partial charge in [0.05, 0.1) is 21.6 Å². The standard InChI is InChI=1S/C20H19ClN4O3/c1-12(26)22-13-9-10-15(21)17(11-13)24-19(27)8-4-7-18-23-16-6-3-2-5-14(16)20(28)25-18/h2-3,5-6,9-11H,4,7-8H2,1H3,(H,22,26)(H,24,27)(H,23,25,28). The minimum Gasteiger partial charge on any atom is -0.326 e. The second-order valence-corrected chi connectivity index (χ2v) is 6.71. The van der Waals surface area contributed by atoms with Crippen LogP contribution in [0, 0.1) is 0 Å². The van der Waals surface area contributed by atoms with E-state index in [1.54, 1.807) is 36.4 Å². The van der Waals surface area contributed by atoms with E-state index in [4.69, 9.17) is 11.6 Å². The van der Waals surface area contributed by atoms with Crippen LogP contribution in [-0.2, 0) is 16.0 Å². The van der Waals surface area contributed by atoms with Gasteiger partial charge in [-0.1, -0.05) is 23.7 Å². The average molecular weight is 399 g/mol. The molecule has 2 aromatic carbocycles. The molecule has 0 bridgehead atoms. The fourth-order valence-corrected chi connectivity index (χ4v) is 2.95. The molecule has 0 spiro atoms. The first-order valence-corrected chi connectivity index (χ1v) is 9.15. The highest BCUT2D eigenvalue weighted by Gasteiger charge is 2.09. The fourth-order valence-electron chi connectivity index (χ4n) is 2.78. The Balaban J connectivity index is 1.59. The lowest BCUT2D eigenvalue weighted by Gasteiger charge is -2.10. The largest absolute Gasteiger partial charge is 0.326 e. The number of anilines is 2. The van der Waals surface area contributed by atoms with Gasteiger partial charge in [-0.05, 0) is 36.8 Å². The molecule has 8 heteroatoms. The molecule has 0 saturated heterocycles. The number of nitrogens with one attached hydrogen (secondary N) is 3. The average Bonchev–Trinajstić information content (AvgIpc) is 2.64. The molecule has 0 fully saturated rings. The van der Waals surface area contributed by atoms with Crippen LogP contribution in [0.4, 0.5) is 11.4 Å². The van der Waals surface area contributed by atoms with Crippen molar-refractivity contribution in [3.63, 3.8) is 0 Å². The highest BCUT2D eigenvalue weighted by Crippen LogP contribution is 2.25. The first-order chi connectivity index (χ1) is 13.4. The van der Waals surface area contributed by atoms with Crippen molar-refractivity contribution in [3.05, 3.63) is 63.7 Å². The van der Waals surface area contributed by atoms with E-state index in [0.717, 1.165) is 0 Å². The number of hydrogen-bond donors (Lipinski definition) is 3. The van der Waals surface area contributed by atoms with Crippen molar-refractivity contribution >= 4 is 45.7 Å². The quantitative estimate of drug-likeness (QED) is 0.591. The van der Waals surface area contributed by atoms with Gasteiger partial charge >= 0.3 is 0 Å². The Morgan fingerprint density at radius 2 is 1.93 bits per heavy atom. The van der Waals surface area contributed by atoms with Crippen LogP contribution < -0.4 is 16.2 Å². The molecule has 0 saturated carbocycles. The number of aromatic amines is 1. The van der Waals surface area contributed by atoms with Gasteiger partial charge in [0.1, 0.15) is 5.82 Å². The number of hydrogen-bond acceptors (Lipinski definition) is 4. The van der Waals surface area contributed by atoms with Gasteiger partial charge in [-0.3, -0.25) is 14.4 Å². The van der Waals surface area contributed by atoms with E-state index in [9.17, 15) is 14.4 Å². The summed E-state index contributed by atoms with van der Waals surface area (Å²) in [4.78, 5) is 42.6. The molecule has 144 valence electrons. The zero-order valence-corrected chi connectivity index (χ0v) is 16.0. The molecule has 28 heavy (non-hydrogen) atoms. The molecule has 0 aliphatic heterocycles. The normalized spacial score (nSPS) is 10.6. The fraction of sp³-hybridized carbons (Fsp3) is 0.200. The predicted octanol–water partition coefficient (Wildman–Crippen LogP) is 3.50. The van der Waals surface area contributed by atoms with Crippen molar-refractivity contribution in [1.29, 1.82) is 0 Å². The molecule has 3 rings (SSSR count). The van der Waals surface area contributed by atoms with Crippen LogP contribution in [0.25, 0.3) is 10.9 Å². The maximum absolute atomic E-state index is 12.2. The summed E-state index contributed by atoms with van der Waals surface area (Å²) in [5, 5.41) is 6.29. The third-order valence-corrected chi connectivity index (χ3v) is 4.37. The Morgan fingerprint density at radius 3 is 2.71 bits per heavy atom. The first-order valence-electron chi connectivity index (χ1n) is 8.77. The van der Waals surface area contributed by atoms with Gasteiger partial charge in [0, 0.05) is 25.5 Å². The van der Waals surface area contributed by atoms with Crippen LogP contribution in [0.15, 0.2) is 47.3 Å². The minimum atomic E-state index is -0.218. The zero-order valence-electron chi connectivity index (χ0n) is 15.2. The number of nitrogens with zero attached hydrogens (tertiary/aromatic N) is 1. The van der Waals surface area contributed by atoms with Crippen LogP contribution in [0.2, 0.25) is 5.02 Å². The summed E-state index contributed by atoms with van der Waals surface area (Å²) in [5.74, 6) is 0.115. The molecule has 0 radical (unpaired) electrons. The van der Waals surface area contributed by atoms with Gasteiger partial charge in [0.15, 0.2) is 0 Å². The SMILES string of the molecule is CC(=O)Nc1ccc(Cl)c(NC(=O)CCCc2nc3ccccc3c(=O)[nH]2)c1. The van der Waals surface area contributed by atoms with Crippen LogP contribution in [-0.4, -0.2) is 21.8 Å². The summed E-state index contributed by atoms with van der Waals surface area (Å²) in [6, 6.07) is 12.0. The number of H-pyrrole nitrogens is 1. The summed E-state index contributed by atoms with van der Waals surface area (Å²) in [7, 11) is 0. The van der Waals surface area contributed by atoms with Crippen LogP contribution in [0.1, 0.15) is 25.6 Å². The Hall–Kier alpha value is -3.19. The van der Waals surface area contributed by atoms with Crippen molar-refractivity contribution in [3.8, 4) is 0 Å². The molecular formula is C20H19ClN4O3. The lowest BCUT2D eigenvalue weighted by Crippen LogP contribution is -2.14. The van der Waals surface area contributed by atoms with E-state index in [2.05, 4.69) is 20.6 Å². The minimum absolute atomic E-state index is 0.188. The number of rotatable bonds is 6. The molecule has 0 aliphatic carbocycles. The third kappa shape index (κ3) is 4.95. The van der Waals surface area contributed by atoms with Gasteiger partial charge in [-0.15, -0.1) is 0 Å². The van der Waals surface area contributed by atoms with E-state index in [-0.39, 0.29) is 23.8 Å². The number of halogens is 1. The first kappa shape index (κ1) is 19.6. The third-order valence-electron chi connectivity index (χ3n) is 4.04. The van der Waals surface area contributed by atoms with Gasteiger partial charge in [-0.25, -0.2) is 4.98 Å². The summed E-state index contributed by atoms with van der Waals surface area (Å²) in [6.07, 6.45) is 1.21. The van der Waals surface area contributed by atoms with Crippen LogP contribution >= 0.6 is 11.6 Å². The van der Waals surface area contributed by atoms with Crippen molar-refractivity contribution in [2.45, 2.75) is 26.2 Å². The Morgan fingerprint density at radius 1 is 1.14 bits per heavy atom. The smallest absolute Gasteiger partial charge is 0.258 e. The summed E-state index contributed by atoms with van der Waals surface area (Å²) in [6.45, 7) is 1.40. The summed E-state index contributed by atoms with van der Waals surface area (Å²) < 4.78 is 0. The summed E-state index contributed by atoms with van der Waals surface area (Å²) >= 11 is 6.10. The maximum atomic E-state index is 12.2. The molecule has 7 nitrogen and oxygen atoms in total. The van der Waals surface area contributed by atoms with Crippen molar-refractivity contribution in [2.24, 2.45) is 0 Å². The van der Waals surface area contributed by atoms with E-state index in [1.807, 2.05) is 6.07 Å². The van der Waals surface area contributed by atoms with Crippen molar-refractivity contribution in [2.75, 3.05) is 10.6 Å². The van der Waals surface area contributed by atoms with Crippen molar-refractivity contribution in [1.82, 2.24) is 9.97 Å². The molecule has 0 aliphatic rings. The number of fused-ring (bicyclic) bond motifs is 1. The summed E-state index contributed by atoms with van der Waals surface area (Å²) in [5.41, 5.74) is 1.42. The van der Waals surface area contributed by atoms with Gasteiger partial charge in [0.2, 0.25) is 11.8 Å². The highest BCUT2D eigenvalue weighted by atomic mass is 35.5. The van der Waals surface area contributed by atoms with E-state index >= 15 is 0 Å². The number of carbonyl (C=O) groups excluding carboxylic acids is 2. The lowest BCUT2D eigenvalue weighted by molar-refractivity contribution is -0.116. The molecule has 3 N–H and O–H groups in total. The number of carbonyl (C=O) groups is 2. The van der Waals surface area contributed by atoms with Crippen molar-refractivity contribution < 1.29 is 9.59 Å². The van der Waals surface area contributed by atoms with Gasteiger partial charge in [-0.2, -0.15) is 0 Å². The Kier molecular flexibility index (Phi) is 6.06. The van der Waals surface area contributed by atoms with E-state index in [1.165, 1.54) is 6.92 Å². The van der Waals surface area contributed by atoms with Crippen LogP contribution in [0.3, 0.4) is 0 Å². The monoisotopic (exact) mass is 398 g/mol. The highest BCUT2D eigenvalue weighted by molar-refractivity contribution is 6.33. The lowest BCUT2D eigenvalue weighted by atomic mass is 10.2. The number of para-hydroxylation sites is 1. The molecular weight excluding hydrogens is 380 g/mol. The van der Waals surface area contributed by atoms with E-state index in [0.29, 0.717) is 46.0 Å².